The van der Waals surface area contributed by atoms with E-state index in [1.807, 2.05) is 45.0 Å². The molecule has 0 unspecified atom stereocenters. The molecule has 1 aromatic rings. The average molecular weight is 336 g/mol. The van der Waals surface area contributed by atoms with Gasteiger partial charge in [0.15, 0.2) is 5.60 Å². The summed E-state index contributed by atoms with van der Waals surface area (Å²) in [5.74, 6) is 5.05. The highest BCUT2D eigenvalue weighted by Gasteiger charge is 2.34. The van der Waals surface area contributed by atoms with Crippen molar-refractivity contribution in [2.75, 3.05) is 0 Å². The van der Waals surface area contributed by atoms with Crippen LogP contribution in [0.4, 0.5) is 0 Å². The third kappa shape index (κ3) is 7.00. The van der Waals surface area contributed by atoms with Crippen molar-refractivity contribution < 1.29 is 19.1 Å². The number of carbonyl (C=O) groups excluding carboxylic acids is 2. The molecule has 0 aliphatic carbocycles. The lowest BCUT2D eigenvalue weighted by Crippen LogP contribution is -2.43. The number of hydrogen-bond acceptors (Lipinski definition) is 5. The number of nitrogens with two attached hydrogens (primary N) is 1. The van der Waals surface area contributed by atoms with Crippen LogP contribution in [0.25, 0.3) is 0 Å². The zero-order valence-corrected chi connectivity index (χ0v) is 15.1. The first kappa shape index (κ1) is 20.0. The number of esters is 1. The summed E-state index contributed by atoms with van der Waals surface area (Å²) in [5.41, 5.74) is 1.56. The number of carbonyl (C=O) groups is 2. The Kier molecular flexibility index (Phi) is 6.78. The first-order chi connectivity index (χ1) is 11.0. The molecular weight excluding hydrogens is 308 g/mol. The number of benzene rings is 1. The van der Waals surface area contributed by atoms with Gasteiger partial charge in [0.05, 0.1) is 0 Å². The highest BCUT2D eigenvalue weighted by Crippen LogP contribution is 2.22. The molecule has 0 aliphatic heterocycles. The molecule has 1 rings (SSSR count). The van der Waals surface area contributed by atoms with Crippen LogP contribution in [0.15, 0.2) is 24.3 Å². The molecule has 0 heterocycles. The van der Waals surface area contributed by atoms with Gasteiger partial charge in [-0.1, -0.05) is 12.1 Å². The Morgan fingerprint density at radius 2 is 1.67 bits per heavy atom. The van der Waals surface area contributed by atoms with E-state index in [4.69, 9.17) is 15.3 Å². The standard InChI is InChI=1S/C18H28N2O4/c1-17(2,3)24-16(22)18(4,5)23-14-11-9-13(10-12-14)7-6-8-15(21)20-19/h9-12H,6-8,19H2,1-5H3,(H,20,21). The second-order valence-electron chi connectivity index (χ2n) is 7.18. The molecule has 0 aromatic heterocycles. The van der Waals surface area contributed by atoms with E-state index in [1.165, 1.54) is 0 Å². The fourth-order valence-corrected chi connectivity index (χ4v) is 1.99. The molecule has 134 valence electrons. The predicted molar refractivity (Wildman–Crippen MR) is 92.3 cm³/mol. The van der Waals surface area contributed by atoms with Crippen LogP contribution in [-0.2, 0) is 20.7 Å². The summed E-state index contributed by atoms with van der Waals surface area (Å²) >= 11 is 0. The number of aryl methyl sites for hydroxylation is 1. The minimum absolute atomic E-state index is 0.172. The van der Waals surface area contributed by atoms with Gasteiger partial charge in [-0.05, 0) is 65.2 Å². The molecule has 1 aromatic carbocycles. The van der Waals surface area contributed by atoms with Gasteiger partial charge in [-0.15, -0.1) is 0 Å². The van der Waals surface area contributed by atoms with E-state index in [0.717, 1.165) is 12.0 Å². The Balaban J connectivity index is 2.59. The molecule has 6 heteroatoms. The minimum Gasteiger partial charge on any atom is -0.476 e. The number of hydrogen-bond donors (Lipinski definition) is 2. The van der Waals surface area contributed by atoms with Crippen molar-refractivity contribution in [3.8, 4) is 5.75 Å². The fraction of sp³-hybridized carbons (Fsp3) is 0.556. The Labute approximate surface area is 143 Å². The van der Waals surface area contributed by atoms with Crippen molar-refractivity contribution in [3.63, 3.8) is 0 Å². The van der Waals surface area contributed by atoms with Crippen LogP contribution < -0.4 is 16.0 Å². The highest BCUT2D eigenvalue weighted by atomic mass is 16.6. The summed E-state index contributed by atoms with van der Waals surface area (Å²) in [6.45, 7) is 8.82. The number of nitrogens with one attached hydrogen (secondary N) is 1. The highest BCUT2D eigenvalue weighted by molar-refractivity contribution is 5.79. The van der Waals surface area contributed by atoms with Crippen LogP contribution in [0.3, 0.4) is 0 Å². The zero-order valence-electron chi connectivity index (χ0n) is 15.1. The summed E-state index contributed by atoms with van der Waals surface area (Å²) in [5, 5.41) is 0. The molecular formula is C18H28N2O4. The largest absolute Gasteiger partial charge is 0.476 e. The number of hydrazine groups is 1. The van der Waals surface area contributed by atoms with Crippen LogP contribution in [0.2, 0.25) is 0 Å². The lowest BCUT2D eigenvalue weighted by molar-refractivity contribution is -0.170. The topological polar surface area (TPSA) is 90.6 Å². The third-order valence-corrected chi connectivity index (χ3v) is 3.22. The number of amides is 1. The van der Waals surface area contributed by atoms with Crippen molar-refractivity contribution >= 4 is 11.9 Å². The first-order valence-corrected chi connectivity index (χ1v) is 8.04. The summed E-state index contributed by atoms with van der Waals surface area (Å²) in [7, 11) is 0. The molecule has 0 spiro atoms. The quantitative estimate of drug-likeness (QED) is 0.345. The van der Waals surface area contributed by atoms with Crippen molar-refractivity contribution in [1.29, 1.82) is 0 Å². The molecule has 0 saturated carbocycles. The third-order valence-electron chi connectivity index (χ3n) is 3.22. The van der Waals surface area contributed by atoms with Crippen LogP contribution in [0.5, 0.6) is 5.75 Å². The van der Waals surface area contributed by atoms with Gasteiger partial charge in [0.2, 0.25) is 5.91 Å². The maximum Gasteiger partial charge on any atom is 0.350 e. The Hall–Kier alpha value is -2.08. The average Bonchev–Trinajstić information content (AvgIpc) is 2.46. The lowest BCUT2D eigenvalue weighted by Gasteiger charge is -2.29. The lowest BCUT2D eigenvalue weighted by atomic mass is 10.1. The molecule has 0 bridgehead atoms. The van der Waals surface area contributed by atoms with Gasteiger partial charge in [-0.2, -0.15) is 0 Å². The van der Waals surface area contributed by atoms with Gasteiger partial charge < -0.3 is 9.47 Å². The van der Waals surface area contributed by atoms with Crippen LogP contribution in [-0.4, -0.2) is 23.1 Å². The second-order valence-corrected chi connectivity index (χ2v) is 7.18. The summed E-state index contributed by atoms with van der Waals surface area (Å²) in [4.78, 5) is 23.3. The van der Waals surface area contributed by atoms with Gasteiger partial charge in [0.25, 0.3) is 0 Å². The molecule has 0 aliphatic rings. The first-order valence-electron chi connectivity index (χ1n) is 8.04. The van der Waals surface area contributed by atoms with Crippen molar-refractivity contribution in [2.45, 2.75) is 65.1 Å². The molecule has 6 nitrogen and oxygen atoms in total. The Morgan fingerprint density at radius 3 is 2.17 bits per heavy atom. The van der Waals surface area contributed by atoms with Crippen LogP contribution >= 0.6 is 0 Å². The molecule has 0 fully saturated rings. The molecule has 0 radical (unpaired) electrons. The van der Waals surface area contributed by atoms with Crippen molar-refractivity contribution in [2.24, 2.45) is 5.84 Å². The van der Waals surface area contributed by atoms with Gasteiger partial charge in [0, 0.05) is 6.42 Å². The van der Waals surface area contributed by atoms with Crippen molar-refractivity contribution in [1.82, 2.24) is 5.43 Å². The van der Waals surface area contributed by atoms with E-state index >= 15 is 0 Å². The minimum atomic E-state index is -1.08. The summed E-state index contributed by atoms with van der Waals surface area (Å²) in [6, 6.07) is 7.45. The van der Waals surface area contributed by atoms with Gasteiger partial charge >= 0.3 is 5.97 Å². The van der Waals surface area contributed by atoms with E-state index in [9.17, 15) is 9.59 Å². The SMILES string of the molecule is CC(C)(C)OC(=O)C(C)(C)Oc1ccc(CCCC(=O)NN)cc1. The Bertz CT molecular complexity index is 559. The smallest absolute Gasteiger partial charge is 0.350 e. The maximum atomic E-state index is 12.2. The van der Waals surface area contributed by atoms with E-state index in [0.29, 0.717) is 18.6 Å². The van der Waals surface area contributed by atoms with E-state index in [-0.39, 0.29) is 5.91 Å². The summed E-state index contributed by atoms with van der Waals surface area (Å²) < 4.78 is 11.1. The van der Waals surface area contributed by atoms with Gasteiger partial charge in [0.1, 0.15) is 11.4 Å². The predicted octanol–water partition coefficient (Wildman–Crippen LogP) is 2.50. The van der Waals surface area contributed by atoms with Crippen LogP contribution in [0, 0.1) is 0 Å². The van der Waals surface area contributed by atoms with Gasteiger partial charge in [-0.3, -0.25) is 10.2 Å². The van der Waals surface area contributed by atoms with Crippen molar-refractivity contribution in [3.05, 3.63) is 29.8 Å². The van der Waals surface area contributed by atoms with Gasteiger partial charge in [-0.25, -0.2) is 10.6 Å². The van der Waals surface area contributed by atoms with Crippen LogP contribution in [0.1, 0.15) is 53.0 Å². The fourth-order valence-electron chi connectivity index (χ4n) is 1.99. The number of rotatable bonds is 7. The molecule has 0 saturated heterocycles. The Morgan fingerprint density at radius 1 is 1.08 bits per heavy atom. The molecule has 0 atom stereocenters. The molecule has 3 N–H and O–H groups in total. The normalized spacial score (nSPS) is 11.8. The zero-order chi connectivity index (χ0) is 18.4. The summed E-state index contributed by atoms with van der Waals surface area (Å²) in [6.07, 6.45) is 1.87. The second kappa shape index (κ2) is 8.15. The molecule has 1 amide bonds. The van der Waals surface area contributed by atoms with E-state index in [2.05, 4.69) is 5.43 Å². The number of ether oxygens (including phenoxy) is 2. The van der Waals surface area contributed by atoms with E-state index in [1.54, 1.807) is 13.8 Å². The maximum absolute atomic E-state index is 12.2. The monoisotopic (exact) mass is 336 g/mol. The van der Waals surface area contributed by atoms with E-state index < -0.39 is 17.2 Å². The molecule has 24 heavy (non-hydrogen) atoms.